The summed E-state index contributed by atoms with van der Waals surface area (Å²) in [5, 5.41) is 2.88. The van der Waals surface area contributed by atoms with Crippen LogP contribution >= 0.6 is 0 Å². The van der Waals surface area contributed by atoms with Crippen LogP contribution in [-0.2, 0) is 14.3 Å². The predicted molar refractivity (Wildman–Crippen MR) is 86.2 cm³/mol. The fourth-order valence-corrected chi connectivity index (χ4v) is 3.28. The number of pyridine rings is 1. The fraction of sp³-hybridized carbons (Fsp3) is 0.588. The summed E-state index contributed by atoms with van der Waals surface area (Å²) in [6.07, 6.45) is 2.31. The van der Waals surface area contributed by atoms with E-state index in [1.54, 1.807) is 18.3 Å². The Bertz CT molecular complexity index is 632. The molecule has 0 radical (unpaired) electrons. The molecule has 3 rings (SSSR count). The van der Waals surface area contributed by atoms with Crippen molar-refractivity contribution in [3.05, 3.63) is 30.1 Å². The van der Waals surface area contributed by atoms with E-state index >= 15 is 0 Å². The molecule has 0 aromatic carbocycles. The lowest BCUT2D eigenvalue weighted by Crippen LogP contribution is -2.52. The summed E-state index contributed by atoms with van der Waals surface area (Å²) in [6.45, 7) is 7.71. The first-order chi connectivity index (χ1) is 11.3. The third-order valence-corrected chi connectivity index (χ3v) is 4.11. The third-order valence-electron chi connectivity index (χ3n) is 4.11. The van der Waals surface area contributed by atoms with E-state index in [4.69, 9.17) is 9.47 Å². The number of hydrogen-bond donors (Lipinski definition) is 1. The zero-order chi connectivity index (χ0) is 17.5. The Morgan fingerprint density at radius 2 is 2.12 bits per heavy atom. The highest BCUT2D eigenvalue weighted by Gasteiger charge is 2.56. The number of nitrogens with zero attached hydrogens (tertiary/aromatic N) is 2. The van der Waals surface area contributed by atoms with Crippen molar-refractivity contribution in [2.75, 3.05) is 6.54 Å². The molecule has 7 heteroatoms. The van der Waals surface area contributed by atoms with Crippen LogP contribution in [0.4, 0.5) is 0 Å². The minimum absolute atomic E-state index is 0.0257. The molecule has 0 bridgehead atoms. The minimum Gasteiger partial charge on any atom is -0.352 e. The molecule has 3 atom stereocenters. The summed E-state index contributed by atoms with van der Waals surface area (Å²) in [7, 11) is 0. The highest BCUT2D eigenvalue weighted by atomic mass is 16.8. The number of ether oxygens (including phenoxy) is 2. The topological polar surface area (TPSA) is 80.8 Å². The van der Waals surface area contributed by atoms with Crippen molar-refractivity contribution in [3.8, 4) is 0 Å². The number of amides is 2. The highest BCUT2D eigenvalue weighted by Crippen LogP contribution is 2.37. The highest BCUT2D eigenvalue weighted by molar-refractivity contribution is 5.98. The van der Waals surface area contributed by atoms with Crippen molar-refractivity contribution in [3.63, 3.8) is 0 Å². The monoisotopic (exact) mass is 333 g/mol. The van der Waals surface area contributed by atoms with Gasteiger partial charge in [-0.1, -0.05) is 0 Å². The van der Waals surface area contributed by atoms with Gasteiger partial charge in [-0.05, 0) is 39.8 Å². The van der Waals surface area contributed by atoms with Gasteiger partial charge in [-0.3, -0.25) is 14.6 Å². The normalized spacial score (nSPS) is 28.0. The Morgan fingerprint density at radius 3 is 2.75 bits per heavy atom. The van der Waals surface area contributed by atoms with Gasteiger partial charge in [-0.15, -0.1) is 0 Å². The SMILES string of the molecule is CC(C)NC(=O)[C@@H]1[C@H]2OC(C)(C)O[C@H]2CN1C(=O)c1cccnc1. The molecule has 1 aromatic heterocycles. The van der Waals surface area contributed by atoms with Crippen molar-refractivity contribution in [1.82, 2.24) is 15.2 Å². The third kappa shape index (κ3) is 3.14. The minimum atomic E-state index is -0.755. The maximum atomic E-state index is 12.8. The molecule has 0 saturated carbocycles. The first-order valence-electron chi connectivity index (χ1n) is 8.15. The van der Waals surface area contributed by atoms with Crippen LogP contribution in [0.15, 0.2) is 24.5 Å². The summed E-state index contributed by atoms with van der Waals surface area (Å²) in [6, 6.07) is 2.64. The van der Waals surface area contributed by atoms with Crippen molar-refractivity contribution in [1.29, 1.82) is 0 Å². The largest absolute Gasteiger partial charge is 0.352 e. The van der Waals surface area contributed by atoms with Crippen LogP contribution in [0.3, 0.4) is 0 Å². The number of fused-ring (bicyclic) bond motifs is 1. The molecular weight excluding hydrogens is 310 g/mol. The number of carbonyl (C=O) groups excluding carboxylic acids is 2. The second-order valence-corrected chi connectivity index (χ2v) is 6.95. The Morgan fingerprint density at radius 1 is 1.38 bits per heavy atom. The maximum Gasteiger partial charge on any atom is 0.256 e. The lowest BCUT2D eigenvalue weighted by molar-refractivity contribution is -0.162. The van der Waals surface area contributed by atoms with Gasteiger partial charge in [0.2, 0.25) is 5.91 Å². The van der Waals surface area contributed by atoms with Gasteiger partial charge in [0.25, 0.3) is 5.91 Å². The van der Waals surface area contributed by atoms with E-state index in [-0.39, 0.29) is 24.0 Å². The zero-order valence-corrected chi connectivity index (χ0v) is 14.4. The summed E-state index contributed by atoms with van der Waals surface area (Å²) in [4.78, 5) is 31.0. The van der Waals surface area contributed by atoms with Crippen LogP contribution in [0.5, 0.6) is 0 Å². The zero-order valence-electron chi connectivity index (χ0n) is 14.4. The van der Waals surface area contributed by atoms with E-state index in [9.17, 15) is 9.59 Å². The van der Waals surface area contributed by atoms with Gasteiger partial charge in [0.15, 0.2) is 5.79 Å². The van der Waals surface area contributed by atoms with Crippen LogP contribution in [0.1, 0.15) is 38.1 Å². The standard InChI is InChI=1S/C17H23N3O4/c1-10(2)19-15(21)13-14-12(23-17(3,4)24-14)9-20(13)16(22)11-6-5-7-18-8-11/h5-8,10,12-14H,9H2,1-4H3,(H,19,21)/t12-,13-,14-/m0/s1. The summed E-state index contributed by atoms with van der Waals surface area (Å²) in [5.41, 5.74) is 0.444. The van der Waals surface area contributed by atoms with E-state index < -0.39 is 17.9 Å². The molecule has 2 saturated heterocycles. The molecule has 0 aliphatic carbocycles. The van der Waals surface area contributed by atoms with E-state index in [0.29, 0.717) is 12.1 Å². The number of carbonyl (C=O) groups is 2. The van der Waals surface area contributed by atoms with Gasteiger partial charge in [0.1, 0.15) is 18.2 Å². The quantitative estimate of drug-likeness (QED) is 0.891. The lowest BCUT2D eigenvalue weighted by Gasteiger charge is -2.29. The molecule has 7 nitrogen and oxygen atoms in total. The Kier molecular flexibility index (Phi) is 4.31. The molecule has 1 N–H and O–H groups in total. The number of hydrogen-bond acceptors (Lipinski definition) is 5. The summed E-state index contributed by atoms with van der Waals surface area (Å²) < 4.78 is 11.8. The second kappa shape index (κ2) is 6.14. The van der Waals surface area contributed by atoms with Crippen molar-refractivity contribution in [2.45, 2.75) is 57.8 Å². The average Bonchev–Trinajstić information content (AvgIpc) is 2.98. The number of nitrogens with one attached hydrogen (secondary N) is 1. The Balaban J connectivity index is 1.88. The first kappa shape index (κ1) is 16.9. The molecule has 2 aliphatic heterocycles. The van der Waals surface area contributed by atoms with Gasteiger partial charge in [0.05, 0.1) is 12.1 Å². The number of rotatable bonds is 3. The molecule has 24 heavy (non-hydrogen) atoms. The van der Waals surface area contributed by atoms with Crippen LogP contribution in [0.2, 0.25) is 0 Å². The van der Waals surface area contributed by atoms with E-state index in [1.807, 2.05) is 27.7 Å². The molecule has 2 aliphatic rings. The molecule has 3 heterocycles. The van der Waals surface area contributed by atoms with Crippen LogP contribution < -0.4 is 5.32 Å². The molecule has 0 unspecified atom stereocenters. The molecule has 130 valence electrons. The molecule has 0 spiro atoms. The Hall–Kier alpha value is -1.99. The van der Waals surface area contributed by atoms with Crippen molar-refractivity contribution >= 4 is 11.8 Å². The summed E-state index contributed by atoms with van der Waals surface area (Å²) in [5.74, 6) is -1.22. The van der Waals surface area contributed by atoms with Gasteiger partial charge in [0, 0.05) is 18.4 Å². The molecular formula is C17H23N3O4. The van der Waals surface area contributed by atoms with Gasteiger partial charge in [-0.2, -0.15) is 0 Å². The van der Waals surface area contributed by atoms with Crippen LogP contribution in [-0.4, -0.2) is 58.3 Å². The van der Waals surface area contributed by atoms with Crippen LogP contribution in [0.25, 0.3) is 0 Å². The lowest BCUT2D eigenvalue weighted by atomic mass is 10.1. The van der Waals surface area contributed by atoms with Gasteiger partial charge in [-0.25, -0.2) is 0 Å². The predicted octanol–water partition coefficient (Wildman–Crippen LogP) is 0.951. The molecule has 2 fully saturated rings. The smallest absolute Gasteiger partial charge is 0.256 e. The number of likely N-dealkylation sites (tertiary alicyclic amines) is 1. The Labute approximate surface area is 141 Å². The van der Waals surface area contributed by atoms with E-state index in [0.717, 1.165) is 0 Å². The van der Waals surface area contributed by atoms with E-state index in [1.165, 1.54) is 11.1 Å². The average molecular weight is 333 g/mol. The fourth-order valence-electron chi connectivity index (χ4n) is 3.28. The molecule has 2 amide bonds. The summed E-state index contributed by atoms with van der Waals surface area (Å²) >= 11 is 0. The maximum absolute atomic E-state index is 12.8. The molecule has 1 aromatic rings. The van der Waals surface area contributed by atoms with Crippen LogP contribution in [0, 0.1) is 0 Å². The van der Waals surface area contributed by atoms with Gasteiger partial charge >= 0.3 is 0 Å². The number of aromatic nitrogens is 1. The van der Waals surface area contributed by atoms with E-state index in [2.05, 4.69) is 10.3 Å². The second-order valence-electron chi connectivity index (χ2n) is 6.95. The van der Waals surface area contributed by atoms with Crippen molar-refractivity contribution in [2.24, 2.45) is 0 Å². The van der Waals surface area contributed by atoms with Crippen molar-refractivity contribution < 1.29 is 19.1 Å². The van der Waals surface area contributed by atoms with Gasteiger partial charge < -0.3 is 19.7 Å². The first-order valence-corrected chi connectivity index (χ1v) is 8.15.